The van der Waals surface area contributed by atoms with Gasteiger partial charge in [0.25, 0.3) is 0 Å². The number of likely N-dealkylation sites (N-methyl/N-ethyl adjacent to an activating group) is 1. The minimum absolute atomic E-state index is 0.0212. The molecule has 0 bridgehead atoms. The molecular formula is C10H14N4O4S. The van der Waals surface area contributed by atoms with Gasteiger partial charge in [-0.05, 0) is 25.4 Å². The number of hydrogen-bond acceptors (Lipinski definition) is 5. The van der Waals surface area contributed by atoms with Gasteiger partial charge in [0.05, 0.1) is 5.69 Å². The number of carbonyl (C=O) groups excluding carboxylic acids is 2. The van der Waals surface area contributed by atoms with Gasteiger partial charge in [0.2, 0.25) is 5.91 Å². The molecule has 0 aliphatic heterocycles. The number of rotatable bonds is 4. The molecular weight excluding hydrogens is 272 g/mol. The zero-order chi connectivity index (χ0) is 14.7. The molecule has 0 radical (unpaired) electrons. The smallest absolute Gasteiger partial charge is 0.340 e. The summed E-state index contributed by atoms with van der Waals surface area (Å²) < 4.78 is 3.92. The van der Waals surface area contributed by atoms with Crippen molar-refractivity contribution in [2.45, 2.75) is 19.9 Å². The number of urea groups is 1. The van der Waals surface area contributed by atoms with Crippen LogP contribution in [0.4, 0.5) is 9.80 Å². The quantitative estimate of drug-likeness (QED) is 0.727. The highest BCUT2D eigenvalue weighted by atomic mass is 32.1. The molecule has 4 N–H and O–H groups in total. The lowest BCUT2D eigenvalue weighted by atomic mass is 10.2. The standard InChI is InChI=1S/C10H14N4O4S/c1-4-6(9(16)17)8(19-13-4)14(3)7(15)5(2)12-10(11)18/h5H,1-3H3,(H,16,17)(H3,11,12,18). The van der Waals surface area contributed by atoms with Crippen LogP contribution in [0.2, 0.25) is 0 Å². The number of nitrogens with one attached hydrogen (secondary N) is 1. The maximum atomic E-state index is 12.0. The van der Waals surface area contributed by atoms with E-state index in [1.807, 2.05) is 0 Å². The molecule has 0 fully saturated rings. The summed E-state index contributed by atoms with van der Waals surface area (Å²) in [6.45, 7) is 3.00. The molecule has 104 valence electrons. The molecule has 0 spiro atoms. The van der Waals surface area contributed by atoms with Gasteiger partial charge in [-0.2, -0.15) is 4.37 Å². The van der Waals surface area contributed by atoms with Gasteiger partial charge in [0.1, 0.15) is 16.6 Å². The van der Waals surface area contributed by atoms with Crippen molar-refractivity contribution in [2.75, 3.05) is 11.9 Å². The maximum Gasteiger partial charge on any atom is 0.340 e. The van der Waals surface area contributed by atoms with Gasteiger partial charge in [-0.1, -0.05) is 0 Å². The predicted molar refractivity (Wildman–Crippen MR) is 69.4 cm³/mol. The number of nitrogens with zero attached hydrogens (tertiary/aromatic N) is 2. The summed E-state index contributed by atoms with van der Waals surface area (Å²) in [5.74, 6) is -1.64. The fourth-order valence-electron chi connectivity index (χ4n) is 1.50. The van der Waals surface area contributed by atoms with E-state index in [1.54, 1.807) is 6.92 Å². The van der Waals surface area contributed by atoms with Crippen LogP contribution in [0.3, 0.4) is 0 Å². The van der Waals surface area contributed by atoms with Crippen molar-refractivity contribution in [1.82, 2.24) is 9.69 Å². The number of anilines is 1. The Balaban J connectivity index is 3.00. The van der Waals surface area contributed by atoms with Gasteiger partial charge < -0.3 is 21.1 Å². The average molecular weight is 286 g/mol. The number of hydrogen-bond donors (Lipinski definition) is 3. The summed E-state index contributed by atoms with van der Waals surface area (Å²) in [7, 11) is 1.42. The van der Waals surface area contributed by atoms with E-state index in [0.29, 0.717) is 5.69 Å². The van der Waals surface area contributed by atoms with Crippen molar-refractivity contribution in [2.24, 2.45) is 5.73 Å². The van der Waals surface area contributed by atoms with Crippen LogP contribution >= 0.6 is 11.5 Å². The highest BCUT2D eigenvalue weighted by Gasteiger charge is 2.26. The van der Waals surface area contributed by atoms with Crippen molar-refractivity contribution >= 4 is 34.4 Å². The van der Waals surface area contributed by atoms with Crippen LogP contribution in [-0.2, 0) is 4.79 Å². The molecule has 0 aliphatic rings. The molecule has 3 amide bonds. The van der Waals surface area contributed by atoms with E-state index in [1.165, 1.54) is 14.0 Å². The fourth-order valence-corrected chi connectivity index (χ4v) is 2.35. The van der Waals surface area contributed by atoms with Crippen molar-refractivity contribution in [3.8, 4) is 0 Å². The number of aromatic carboxylic acids is 1. The lowest BCUT2D eigenvalue weighted by Gasteiger charge is -2.20. The summed E-state index contributed by atoms with van der Waals surface area (Å²) in [5.41, 5.74) is 5.24. The number of aromatic nitrogens is 1. The van der Waals surface area contributed by atoms with E-state index >= 15 is 0 Å². The Kier molecular flexibility index (Phi) is 4.43. The van der Waals surface area contributed by atoms with Crippen molar-refractivity contribution in [3.63, 3.8) is 0 Å². The van der Waals surface area contributed by atoms with Gasteiger partial charge in [-0.15, -0.1) is 0 Å². The molecule has 1 atom stereocenters. The molecule has 1 unspecified atom stereocenters. The van der Waals surface area contributed by atoms with E-state index in [9.17, 15) is 14.4 Å². The minimum atomic E-state index is -1.16. The maximum absolute atomic E-state index is 12.0. The Morgan fingerprint density at radius 2 is 2.05 bits per heavy atom. The van der Waals surface area contributed by atoms with E-state index in [4.69, 9.17) is 10.8 Å². The number of nitrogens with two attached hydrogens (primary N) is 1. The molecule has 9 heteroatoms. The first-order valence-electron chi connectivity index (χ1n) is 5.28. The largest absolute Gasteiger partial charge is 0.478 e. The lowest BCUT2D eigenvalue weighted by molar-refractivity contribution is -0.119. The third-order valence-electron chi connectivity index (χ3n) is 2.42. The third-order valence-corrected chi connectivity index (χ3v) is 3.44. The van der Waals surface area contributed by atoms with Crippen LogP contribution in [-0.4, -0.2) is 40.5 Å². The molecule has 19 heavy (non-hydrogen) atoms. The van der Waals surface area contributed by atoms with Crippen LogP contribution in [0.25, 0.3) is 0 Å². The van der Waals surface area contributed by atoms with Crippen molar-refractivity contribution in [3.05, 3.63) is 11.3 Å². The third kappa shape index (κ3) is 3.19. The van der Waals surface area contributed by atoms with E-state index in [0.717, 1.165) is 16.4 Å². The summed E-state index contributed by atoms with van der Waals surface area (Å²) in [6.07, 6.45) is 0. The van der Waals surface area contributed by atoms with Crippen LogP contribution in [0.5, 0.6) is 0 Å². The first kappa shape index (κ1) is 14.9. The van der Waals surface area contributed by atoms with Crippen LogP contribution < -0.4 is 16.0 Å². The molecule has 0 aromatic carbocycles. The number of carbonyl (C=O) groups is 3. The second-order valence-corrected chi connectivity index (χ2v) is 4.63. The summed E-state index contributed by atoms with van der Waals surface area (Å²) >= 11 is 0.908. The number of carboxylic acids is 1. The van der Waals surface area contributed by atoms with Gasteiger partial charge in [-0.25, -0.2) is 9.59 Å². The molecule has 1 heterocycles. The summed E-state index contributed by atoms with van der Waals surface area (Å²) in [6, 6.07) is -1.68. The highest BCUT2D eigenvalue weighted by molar-refractivity contribution is 7.11. The first-order chi connectivity index (χ1) is 8.75. The second kappa shape index (κ2) is 5.65. The normalized spacial score (nSPS) is 11.7. The van der Waals surface area contributed by atoms with Gasteiger partial charge in [-0.3, -0.25) is 4.79 Å². The lowest BCUT2D eigenvalue weighted by Crippen LogP contribution is -2.47. The molecule has 1 aromatic rings. The Hall–Kier alpha value is -2.16. The predicted octanol–water partition coefficient (Wildman–Crippen LogP) is 0.169. The van der Waals surface area contributed by atoms with Crippen molar-refractivity contribution in [1.29, 1.82) is 0 Å². The van der Waals surface area contributed by atoms with E-state index < -0.39 is 23.9 Å². The molecule has 1 rings (SSSR count). The second-order valence-electron chi connectivity index (χ2n) is 3.88. The zero-order valence-electron chi connectivity index (χ0n) is 10.6. The van der Waals surface area contributed by atoms with E-state index in [2.05, 4.69) is 9.69 Å². The highest BCUT2D eigenvalue weighted by Crippen LogP contribution is 2.28. The zero-order valence-corrected chi connectivity index (χ0v) is 11.4. The van der Waals surface area contributed by atoms with Gasteiger partial charge >= 0.3 is 12.0 Å². The summed E-state index contributed by atoms with van der Waals surface area (Å²) in [4.78, 5) is 35.0. The Morgan fingerprint density at radius 3 is 2.53 bits per heavy atom. The number of carboxylic acid groups (broad SMARTS) is 1. The Labute approximate surface area is 113 Å². The monoisotopic (exact) mass is 286 g/mol. The van der Waals surface area contributed by atoms with E-state index in [-0.39, 0.29) is 10.6 Å². The summed E-state index contributed by atoms with van der Waals surface area (Å²) in [5, 5.41) is 11.5. The van der Waals surface area contributed by atoms with Crippen LogP contribution in [0.1, 0.15) is 23.0 Å². The topological polar surface area (TPSA) is 126 Å². The molecule has 0 aliphatic carbocycles. The number of amides is 3. The molecule has 1 aromatic heterocycles. The van der Waals surface area contributed by atoms with Gasteiger partial charge in [0, 0.05) is 7.05 Å². The Bertz CT molecular complexity index is 528. The fraction of sp³-hybridized carbons (Fsp3) is 0.400. The molecule has 0 saturated carbocycles. The molecule has 0 saturated heterocycles. The SMILES string of the molecule is Cc1nsc(N(C)C(=O)C(C)NC(N)=O)c1C(=O)O. The number of primary amides is 1. The molecule has 8 nitrogen and oxygen atoms in total. The Morgan fingerprint density at radius 1 is 1.47 bits per heavy atom. The van der Waals surface area contributed by atoms with Crippen molar-refractivity contribution < 1.29 is 19.5 Å². The number of aryl methyl sites for hydroxylation is 1. The van der Waals surface area contributed by atoms with Crippen LogP contribution in [0.15, 0.2) is 0 Å². The first-order valence-corrected chi connectivity index (χ1v) is 6.06. The van der Waals surface area contributed by atoms with Crippen LogP contribution in [0, 0.1) is 6.92 Å². The minimum Gasteiger partial charge on any atom is -0.478 e. The average Bonchev–Trinajstić information content (AvgIpc) is 2.68. The van der Waals surface area contributed by atoms with Gasteiger partial charge in [0.15, 0.2) is 0 Å².